The Bertz CT molecular complexity index is 597. The molecule has 28 heavy (non-hydrogen) atoms. The molecule has 2 aliphatic heterocycles. The fraction of sp³-hybridized carbons (Fsp3) is 0.800. The van der Waals surface area contributed by atoms with E-state index < -0.39 is 0 Å². The molecule has 0 aliphatic carbocycles. The van der Waals surface area contributed by atoms with Crippen LogP contribution in [0.2, 0.25) is 0 Å². The molecule has 3 heterocycles. The summed E-state index contributed by atoms with van der Waals surface area (Å²) in [4.78, 5) is 14.4. The van der Waals surface area contributed by atoms with E-state index in [1.165, 1.54) is 30.0 Å². The summed E-state index contributed by atoms with van der Waals surface area (Å²) >= 11 is 1.75. The third-order valence-electron chi connectivity index (χ3n) is 5.51. The first-order valence-corrected chi connectivity index (χ1v) is 11.2. The van der Waals surface area contributed by atoms with Gasteiger partial charge in [0, 0.05) is 51.1 Å². The van der Waals surface area contributed by atoms with Gasteiger partial charge in [-0.1, -0.05) is 0 Å². The Balaban J connectivity index is 0.00000280. The number of nitrogens with one attached hydrogen (secondary N) is 1. The molecule has 0 amide bonds. The fourth-order valence-electron chi connectivity index (χ4n) is 3.92. The number of hydrogen-bond acceptors (Lipinski definition) is 5. The Labute approximate surface area is 191 Å². The summed E-state index contributed by atoms with van der Waals surface area (Å²) in [6.07, 6.45) is 3.62. The van der Waals surface area contributed by atoms with Crippen molar-refractivity contribution in [3.05, 3.63) is 16.1 Å². The third-order valence-corrected chi connectivity index (χ3v) is 6.33. The largest absolute Gasteiger partial charge is 0.381 e. The summed E-state index contributed by atoms with van der Waals surface area (Å²) in [6, 6.07) is 0. The maximum Gasteiger partial charge on any atom is 0.193 e. The molecule has 1 atom stereocenters. The number of rotatable bonds is 7. The second-order valence-corrected chi connectivity index (χ2v) is 8.94. The van der Waals surface area contributed by atoms with E-state index in [-0.39, 0.29) is 24.0 Å². The van der Waals surface area contributed by atoms with Crippen molar-refractivity contribution in [1.29, 1.82) is 0 Å². The van der Waals surface area contributed by atoms with Crippen molar-refractivity contribution in [3.63, 3.8) is 0 Å². The fourth-order valence-corrected chi connectivity index (χ4v) is 4.53. The second kappa shape index (κ2) is 12.3. The molecule has 160 valence electrons. The van der Waals surface area contributed by atoms with Crippen LogP contribution in [0.1, 0.15) is 36.9 Å². The first-order chi connectivity index (χ1) is 13.1. The van der Waals surface area contributed by atoms with Gasteiger partial charge in [-0.2, -0.15) is 0 Å². The van der Waals surface area contributed by atoms with Crippen LogP contribution in [-0.4, -0.2) is 73.7 Å². The van der Waals surface area contributed by atoms with Gasteiger partial charge in [0.1, 0.15) is 0 Å². The predicted molar refractivity (Wildman–Crippen MR) is 128 cm³/mol. The van der Waals surface area contributed by atoms with Gasteiger partial charge in [0.25, 0.3) is 0 Å². The van der Waals surface area contributed by atoms with Crippen LogP contribution in [-0.2, 0) is 11.3 Å². The predicted octanol–water partition coefficient (Wildman–Crippen LogP) is 3.22. The molecule has 1 aromatic rings. The van der Waals surface area contributed by atoms with Gasteiger partial charge in [-0.3, -0.25) is 9.89 Å². The number of thiazole rings is 1. The van der Waals surface area contributed by atoms with E-state index in [2.05, 4.69) is 46.4 Å². The number of likely N-dealkylation sites (tertiary alicyclic amines) is 1. The highest BCUT2D eigenvalue weighted by atomic mass is 127. The summed E-state index contributed by atoms with van der Waals surface area (Å²) in [5.74, 6) is 2.37. The summed E-state index contributed by atoms with van der Waals surface area (Å²) in [5, 5.41) is 6.82. The lowest BCUT2D eigenvalue weighted by Gasteiger charge is -2.31. The summed E-state index contributed by atoms with van der Waals surface area (Å²) < 4.78 is 5.51. The quantitative estimate of drug-likeness (QED) is 0.340. The normalized spacial score (nSPS) is 21.5. The lowest BCUT2D eigenvalue weighted by molar-refractivity contribution is 0.178. The first kappa shape index (κ1) is 23.8. The van der Waals surface area contributed by atoms with E-state index in [1.54, 1.807) is 11.3 Å². The lowest BCUT2D eigenvalue weighted by atomic mass is 9.97. The van der Waals surface area contributed by atoms with Crippen LogP contribution in [0.15, 0.2) is 10.4 Å². The third kappa shape index (κ3) is 7.42. The Hall–Kier alpha value is -0.450. The highest BCUT2D eigenvalue weighted by Gasteiger charge is 2.21. The Morgan fingerprint density at radius 3 is 2.75 bits per heavy atom. The minimum absolute atomic E-state index is 0. The second-order valence-electron chi connectivity index (χ2n) is 7.88. The molecule has 3 rings (SSSR count). The van der Waals surface area contributed by atoms with Gasteiger partial charge in [0.05, 0.1) is 17.3 Å². The average molecular weight is 522 g/mol. The zero-order valence-electron chi connectivity index (χ0n) is 17.5. The van der Waals surface area contributed by atoms with E-state index in [4.69, 9.17) is 9.73 Å². The van der Waals surface area contributed by atoms with Crippen LogP contribution in [0.5, 0.6) is 0 Å². The number of aromatic nitrogens is 1. The van der Waals surface area contributed by atoms with Crippen LogP contribution in [0.4, 0.5) is 0 Å². The lowest BCUT2D eigenvalue weighted by Crippen LogP contribution is -2.42. The van der Waals surface area contributed by atoms with Gasteiger partial charge in [-0.15, -0.1) is 35.3 Å². The Morgan fingerprint density at radius 1 is 1.36 bits per heavy atom. The topological polar surface area (TPSA) is 53.0 Å². The molecule has 8 heteroatoms. The smallest absolute Gasteiger partial charge is 0.193 e. The molecular weight excluding hydrogens is 485 g/mol. The number of halogens is 1. The Morgan fingerprint density at radius 2 is 2.14 bits per heavy atom. The minimum atomic E-state index is 0. The van der Waals surface area contributed by atoms with Crippen LogP contribution in [0, 0.1) is 18.8 Å². The van der Waals surface area contributed by atoms with Gasteiger partial charge in [0.2, 0.25) is 0 Å². The van der Waals surface area contributed by atoms with E-state index >= 15 is 0 Å². The average Bonchev–Trinajstić information content (AvgIpc) is 3.31. The molecule has 1 unspecified atom stereocenters. The van der Waals surface area contributed by atoms with Crippen LogP contribution in [0.3, 0.4) is 0 Å². The molecule has 0 saturated carbocycles. The Kier molecular flexibility index (Phi) is 10.5. The SMILES string of the molecule is CCNC(=NCC1CCN(Cc2csc(C)n2)CC1)N(C)CC1CCOC1.I. The summed E-state index contributed by atoms with van der Waals surface area (Å²) in [7, 11) is 2.15. The molecule has 2 saturated heterocycles. The zero-order valence-corrected chi connectivity index (χ0v) is 20.7. The van der Waals surface area contributed by atoms with E-state index in [1.807, 2.05) is 0 Å². The van der Waals surface area contributed by atoms with E-state index in [0.717, 1.165) is 58.4 Å². The van der Waals surface area contributed by atoms with Gasteiger partial charge in [-0.05, 0) is 52.1 Å². The van der Waals surface area contributed by atoms with Crippen molar-refractivity contribution in [2.75, 3.05) is 53.0 Å². The molecule has 1 aromatic heterocycles. The molecule has 1 N–H and O–H groups in total. The van der Waals surface area contributed by atoms with Crippen molar-refractivity contribution in [1.82, 2.24) is 20.1 Å². The molecule has 2 aliphatic rings. The zero-order chi connectivity index (χ0) is 19.1. The van der Waals surface area contributed by atoms with Crippen LogP contribution >= 0.6 is 35.3 Å². The summed E-state index contributed by atoms with van der Waals surface area (Å²) in [6.45, 7) is 12.2. The first-order valence-electron chi connectivity index (χ1n) is 10.3. The molecule has 0 radical (unpaired) electrons. The number of aryl methyl sites for hydroxylation is 1. The molecule has 2 fully saturated rings. The number of guanidine groups is 1. The molecule has 6 nitrogen and oxygen atoms in total. The van der Waals surface area contributed by atoms with E-state index in [0.29, 0.717) is 11.8 Å². The van der Waals surface area contributed by atoms with Crippen molar-refractivity contribution in [3.8, 4) is 0 Å². The molecule has 0 aromatic carbocycles. The van der Waals surface area contributed by atoms with E-state index in [9.17, 15) is 0 Å². The minimum Gasteiger partial charge on any atom is -0.381 e. The highest BCUT2D eigenvalue weighted by Crippen LogP contribution is 2.20. The molecule has 0 spiro atoms. The maximum atomic E-state index is 5.51. The van der Waals surface area contributed by atoms with Gasteiger partial charge >= 0.3 is 0 Å². The van der Waals surface area contributed by atoms with Crippen molar-refractivity contribution < 1.29 is 4.74 Å². The molecular formula is C20H36IN5OS. The van der Waals surface area contributed by atoms with Gasteiger partial charge in [0.15, 0.2) is 5.96 Å². The summed E-state index contributed by atoms with van der Waals surface area (Å²) in [5.41, 5.74) is 1.22. The number of aliphatic imine (C=N–C) groups is 1. The maximum absolute atomic E-state index is 5.51. The monoisotopic (exact) mass is 521 g/mol. The van der Waals surface area contributed by atoms with Crippen molar-refractivity contribution in [2.24, 2.45) is 16.8 Å². The van der Waals surface area contributed by atoms with Crippen LogP contribution in [0.25, 0.3) is 0 Å². The van der Waals surface area contributed by atoms with Crippen molar-refractivity contribution >= 4 is 41.3 Å². The van der Waals surface area contributed by atoms with Gasteiger partial charge < -0.3 is 15.0 Å². The number of nitrogens with zero attached hydrogens (tertiary/aromatic N) is 4. The van der Waals surface area contributed by atoms with Crippen LogP contribution < -0.4 is 5.32 Å². The number of piperidine rings is 1. The number of ether oxygens (including phenoxy) is 1. The standard InChI is InChI=1S/C20H35N5OS.HI/c1-4-21-20(24(3)12-18-7-10-26-14-18)22-11-17-5-8-25(9-6-17)13-19-15-27-16(2)23-19;/h15,17-18H,4-14H2,1-3H3,(H,21,22);1H. The highest BCUT2D eigenvalue weighted by molar-refractivity contribution is 14.0. The van der Waals surface area contributed by atoms with Gasteiger partial charge in [-0.25, -0.2) is 4.98 Å². The molecule has 0 bridgehead atoms. The number of hydrogen-bond donors (Lipinski definition) is 1. The van der Waals surface area contributed by atoms with Crippen molar-refractivity contribution in [2.45, 2.75) is 39.7 Å².